The molecule has 0 atom stereocenters. The summed E-state index contributed by atoms with van der Waals surface area (Å²) in [6.45, 7) is 0. The SMILES string of the molecule is N#CCc1cc(Cl)cc2c1CCCC21CC1. The largest absolute Gasteiger partial charge is 0.198 e. The lowest BCUT2D eigenvalue weighted by Gasteiger charge is -2.27. The Bertz CT molecular complexity index is 480. The smallest absolute Gasteiger partial charge is 0.0669 e. The second-order valence-electron chi connectivity index (χ2n) is 5.06. The van der Waals surface area contributed by atoms with Gasteiger partial charge in [-0.1, -0.05) is 11.6 Å². The van der Waals surface area contributed by atoms with E-state index < -0.39 is 0 Å². The predicted octanol–water partition coefficient (Wildman–Crippen LogP) is 3.77. The van der Waals surface area contributed by atoms with Crippen molar-refractivity contribution >= 4 is 11.6 Å². The summed E-state index contributed by atoms with van der Waals surface area (Å²) >= 11 is 6.16. The fraction of sp³-hybridized carbons (Fsp3) is 0.500. The average Bonchev–Trinajstić information content (AvgIpc) is 3.01. The molecule has 2 heteroatoms. The summed E-state index contributed by atoms with van der Waals surface area (Å²) in [5.41, 5.74) is 4.49. The zero-order valence-corrected chi connectivity index (χ0v) is 9.98. The lowest BCUT2D eigenvalue weighted by molar-refractivity contribution is 0.539. The van der Waals surface area contributed by atoms with Crippen molar-refractivity contribution < 1.29 is 0 Å². The van der Waals surface area contributed by atoms with Gasteiger partial charge in [0.1, 0.15) is 0 Å². The maximum Gasteiger partial charge on any atom is 0.0669 e. The van der Waals surface area contributed by atoms with Crippen LogP contribution in [-0.4, -0.2) is 0 Å². The van der Waals surface area contributed by atoms with Crippen LogP contribution < -0.4 is 0 Å². The molecular weight excluding hydrogens is 218 g/mol. The highest BCUT2D eigenvalue weighted by Gasteiger charge is 2.47. The predicted molar refractivity (Wildman–Crippen MR) is 64.6 cm³/mol. The first kappa shape index (κ1) is 10.2. The standard InChI is InChI=1S/C14H14ClN/c15-11-8-10(3-7-16)12-2-1-4-14(5-6-14)13(12)9-11/h8-9H,1-6H2. The van der Waals surface area contributed by atoms with Gasteiger partial charge in [-0.25, -0.2) is 0 Å². The van der Waals surface area contributed by atoms with Crippen LogP contribution in [-0.2, 0) is 18.3 Å². The molecule has 2 aliphatic carbocycles. The Morgan fingerprint density at radius 3 is 2.81 bits per heavy atom. The van der Waals surface area contributed by atoms with Crippen molar-refractivity contribution in [3.8, 4) is 6.07 Å². The Kier molecular flexibility index (Phi) is 2.23. The number of hydrogen-bond donors (Lipinski definition) is 0. The number of nitriles is 1. The molecule has 0 bridgehead atoms. The highest BCUT2D eigenvalue weighted by atomic mass is 35.5. The number of fused-ring (bicyclic) bond motifs is 2. The van der Waals surface area contributed by atoms with Crippen molar-refractivity contribution in [1.29, 1.82) is 5.26 Å². The van der Waals surface area contributed by atoms with Gasteiger partial charge < -0.3 is 0 Å². The number of halogens is 1. The van der Waals surface area contributed by atoms with Crippen molar-refractivity contribution in [2.45, 2.75) is 43.9 Å². The first-order valence-corrected chi connectivity index (χ1v) is 6.32. The van der Waals surface area contributed by atoms with E-state index in [0.29, 0.717) is 11.8 Å². The molecule has 82 valence electrons. The first-order chi connectivity index (χ1) is 7.75. The molecule has 0 aliphatic heterocycles. The zero-order valence-electron chi connectivity index (χ0n) is 9.22. The van der Waals surface area contributed by atoms with Gasteiger partial charge in [-0.3, -0.25) is 0 Å². The van der Waals surface area contributed by atoms with Gasteiger partial charge in [0.15, 0.2) is 0 Å². The van der Waals surface area contributed by atoms with Gasteiger partial charge in [-0.05, 0) is 66.3 Å². The third kappa shape index (κ3) is 1.44. The van der Waals surface area contributed by atoms with E-state index in [0.717, 1.165) is 17.0 Å². The highest BCUT2D eigenvalue weighted by molar-refractivity contribution is 6.30. The molecule has 0 N–H and O–H groups in total. The van der Waals surface area contributed by atoms with Gasteiger partial charge in [-0.15, -0.1) is 0 Å². The lowest BCUT2D eigenvalue weighted by atomic mass is 9.78. The minimum atomic E-state index is 0.447. The summed E-state index contributed by atoms with van der Waals surface area (Å²) in [4.78, 5) is 0. The molecule has 1 aromatic rings. The van der Waals surface area contributed by atoms with E-state index in [4.69, 9.17) is 16.9 Å². The average molecular weight is 232 g/mol. The molecule has 2 aliphatic rings. The van der Waals surface area contributed by atoms with Gasteiger partial charge in [0.2, 0.25) is 0 Å². The molecule has 1 aromatic carbocycles. The van der Waals surface area contributed by atoms with Crippen molar-refractivity contribution in [2.75, 3.05) is 0 Å². The summed E-state index contributed by atoms with van der Waals surface area (Å²) in [5.74, 6) is 0. The van der Waals surface area contributed by atoms with Crippen LogP contribution in [0.3, 0.4) is 0 Å². The third-order valence-electron chi connectivity index (χ3n) is 4.08. The molecule has 1 nitrogen and oxygen atoms in total. The monoisotopic (exact) mass is 231 g/mol. The Balaban J connectivity index is 2.16. The van der Waals surface area contributed by atoms with Gasteiger partial charge in [0.25, 0.3) is 0 Å². The Morgan fingerprint density at radius 2 is 2.12 bits per heavy atom. The number of hydrogen-bond acceptors (Lipinski definition) is 1. The molecule has 0 aromatic heterocycles. The van der Waals surface area contributed by atoms with Crippen LogP contribution in [0.4, 0.5) is 0 Å². The van der Waals surface area contributed by atoms with Crippen molar-refractivity contribution in [3.63, 3.8) is 0 Å². The molecule has 1 saturated carbocycles. The molecule has 16 heavy (non-hydrogen) atoms. The van der Waals surface area contributed by atoms with Crippen molar-refractivity contribution in [1.82, 2.24) is 0 Å². The van der Waals surface area contributed by atoms with E-state index >= 15 is 0 Å². The molecular formula is C14H14ClN. The van der Waals surface area contributed by atoms with Crippen LogP contribution in [0.15, 0.2) is 12.1 Å². The highest BCUT2D eigenvalue weighted by Crippen LogP contribution is 2.56. The summed E-state index contributed by atoms with van der Waals surface area (Å²) in [6.07, 6.45) is 6.84. The topological polar surface area (TPSA) is 23.8 Å². The maximum absolute atomic E-state index is 8.86. The minimum absolute atomic E-state index is 0.447. The molecule has 0 unspecified atom stereocenters. The maximum atomic E-state index is 8.86. The van der Waals surface area contributed by atoms with Gasteiger partial charge in [0, 0.05) is 5.02 Å². The van der Waals surface area contributed by atoms with E-state index in [1.807, 2.05) is 6.07 Å². The van der Waals surface area contributed by atoms with Gasteiger partial charge in [0.05, 0.1) is 12.5 Å². The Hall–Kier alpha value is -1.00. The van der Waals surface area contributed by atoms with Crippen molar-refractivity contribution in [3.05, 3.63) is 33.8 Å². The fourth-order valence-corrected chi connectivity index (χ4v) is 3.35. The molecule has 0 saturated heterocycles. The van der Waals surface area contributed by atoms with Crippen LogP contribution >= 0.6 is 11.6 Å². The normalized spacial score (nSPS) is 20.2. The van der Waals surface area contributed by atoms with Crippen LogP contribution in [0.5, 0.6) is 0 Å². The molecule has 3 rings (SSSR count). The quantitative estimate of drug-likeness (QED) is 0.722. The number of benzene rings is 1. The van der Waals surface area contributed by atoms with Crippen LogP contribution in [0.2, 0.25) is 5.02 Å². The zero-order chi connectivity index (χ0) is 11.2. The first-order valence-electron chi connectivity index (χ1n) is 5.94. The second kappa shape index (κ2) is 3.50. The molecule has 1 fully saturated rings. The molecule has 1 spiro atoms. The Labute approximate surface area is 101 Å². The molecule has 0 heterocycles. The number of rotatable bonds is 1. The molecule has 0 amide bonds. The van der Waals surface area contributed by atoms with Crippen LogP contribution in [0.1, 0.15) is 42.4 Å². The summed E-state index contributed by atoms with van der Waals surface area (Å²) < 4.78 is 0. The fourth-order valence-electron chi connectivity index (χ4n) is 3.11. The van der Waals surface area contributed by atoms with Crippen LogP contribution in [0, 0.1) is 11.3 Å². The van der Waals surface area contributed by atoms with E-state index in [1.165, 1.54) is 36.8 Å². The van der Waals surface area contributed by atoms with Crippen LogP contribution in [0.25, 0.3) is 0 Å². The summed E-state index contributed by atoms with van der Waals surface area (Å²) in [6, 6.07) is 6.37. The van der Waals surface area contributed by atoms with Gasteiger partial charge >= 0.3 is 0 Å². The summed E-state index contributed by atoms with van der Waals surface area (Å²) in [7, 11) is 0. The van der Waals surface area contributed by atoms with E-state index in [9.17, 15) is 0 Å². The molecule has 0 radical (unpaired) electrons. The van der Waals surface area contributed by atoms with E-state index in [1.54, 1.807) is 0 Å². The van der Waals surface area contributed by atoms with Gasteiger partial charge in [-0.2, -0.15) is 5.26 Å². The minimum Gasteiger partial charge on any atom is -0.198 e. The Morgan fingerprint density at radius 1 is 1.31 bits per heavy atom. The van der Waals surface area contributed by atoms with E-state index in [-0.39, 0.29) is 0 Å². The third-order valence-corrected chi connectivity index (χ3v) is 4.30. The lowest BCUT2D eigenvalue weighted by Crippen LogP contribution is -2.17. The van der Waals surface area contributed by atoms with Crippen molar-refractivity contribution in [2.24, 2.45) is 0 Å². The number of nitrogens with zero attached hydrogens (tertiary/aromatic N) is 1. The van der Waals surface area contributed by atoms with E-state index in [2.05, 4.69) is 12.1 Å². The second-order valence-corrected chi connectivity index (χ2v) is 5.50. The summed E-state index contributed by atoms with van der Waals surface area (Å²) in [5, 5.41) is 9.67.